The van der Waals surface area contributed by atoms with Gasteiger partial charge < -0.3 is 15.0 Å². The third-order valence-corrected chi connectivity index (χ3v) is 5.38. The summed E-state index contributed by atoms with van der Waals surface area (Å²) in [6.45, 7) is 0.226. The highest BCUT2D eigenvalue weighted by molar-refractivity contribution is 6.31. The Morgan fingerprint density at radius 2 is 1.81 bits per heavy atom. The fourth-order valence-electron chi connectivity index (χ4n) is 3.44. The maximum absolute atomic E-state index is 12.7. The molecule has 1 heterocycles. The van der Waals surface area contributed by atoms with E-state index in [-0.39, 0.29) is 17.7 Å². The first-order chi connectivity index (χ1) is 12.9. The van der Waals surface area contributed by atoms with Gasteiger partial charge in [-0.15, -0.1) is 0 Å². The van der Waals surface area contributed by atoms with Crippen molar-refractivity contribution in [3.8, 4) is 0 Å². The number of carboxylic acids is 1. The molecule has 1 fully saturated rings. The number of hydrogen-bond acceptors (Lipinski definition) is 3. The summed E-state index contributed by atoms with van der Waals surface area (Å²) in [5.41, 5.74) is -0.503. The summed E-state index contributed by atoms with van der Waals surface area (Å²) < 4.78 is 1.39. The van der Waals surface area contributed by atoms with Gasteiger partial charge in [0.25, 0.3) is 11.5 Å². The first kappa shape index (κ1) is 19.2. The highest BCUT2D eigenvalue weighted by Crippen LogP contribution is 2.28. The highest BCUT2D eigenvalue weighted by Gasteiger charge is 2.41. The van der Waals surface area contributed by atoms with Crippen molar-refractivity contribution in [2.45, 2.75) is 44.2 Å². The van der Waals surface area contributed by atoms with Gasteiger partial charge in [-0.1, -0.05) is 49.1 Å². The summed E-state index contributed by atoms with van der Waals surface area (Å²) in [5, 5.41) is 12.8. The molecule has 0 radical (unpaired) electrons. The number of rotatable bonds is 5. The smallest absolute Gasteiger partial charge is 0.329 e. The van der Waals surface area contributed by atoms with Crippen molar-refractivity contribution in [2.75, 3.05) is 0 Å². The van der Waals surface area contributed by atoms with Crippen LogP contribution in [-0.2, 0) is 11.3 Å². The molecule has 1 aliphatic carbocycles. The third-order valence-electron chi connectivity index (χ3n) is 5.01. The molecule has 0 atom stereocenters. The molecule has 7 heteroatoms. The summed E-state index contributed by atoms with van der Waals surface area (Å²) in [6, 6.07) is 9.89. The first-order valence-electron chi connectivity index (χ1n) is 8.91. The van der Waals surface area contributed by atoms with Crippen LogP contribution in [0.2, 0.25) is 5.02 Å². The molecule has 1 aromatic carbocycles. The lowest BCUT2D eigenvalue weighted by Crippen LogP contribution is -2.55. The minimum atomic E-state index is -1.24. The number of halogens is 1. The quantitative estimate of drug-likeness (QED) is 0.823. The van der Waals surface area contributed by atoms with Gasteiger partial charge in [-0.25, -0.2) is 4.79 Å². The van der Waals surface area contributed by atoms with Gasteiger partial charge in [0.1, 0.15) is 5.54 Å². The minimum absolute atomic E-state index is 0.226. The number of hydrogen-bond donors (Lipinski definition) is 2. The van der Waals surface area contributed by atoms with Gasteiger partial charge in [-0.2, -0.15) is 0 Å². The van der Waals surface area contributed by atoms with Crippen LogP contribution in [0.1, 0.15) is 48.0 Å². The zero-order valence-electron chi connectivity index (χ0n) is 14.8. The van der Waals surface area contributed by atoms with Crippen molar-refractivity contribution in [3.05, 3.63) is 69.1 Å². The Hall–Kier alpha value is -2.60. The summed E-state index contributed by atoms with van der Waals surface area (Å²) in [7, 11) is 0. The van der Waals surface area contributed by atoms with E-state index < -0.39 is 17.4 Å². The summed E-state index contributed by atoms with van der Waals surface area (Å²) >= 11 is 6.15. The second-order valence-corrected chi connectivity index (χ2v) is 7.28. The SMILES string of the molecule is O=C(NC1(C(=O)O)CCCCC1)c1ccc(=O)n(Cc2ccccc2Cl)c1. The molecule has 3 rings (SSSR count). The lowest BCUT2D eigenvalue weighted by molar-refractivity contribution is -0.145. The average molecular weight is 389 g/mol. The molecule has 1 amide bonds. The van der Waals surface area contributed by atoms with Crippen molar-refractivity contribution < 1.29 is 14.7 Å². The maximum atomic E-state index is 12.7. The number of carbonyl (C=O) groups excluding carboxylic acids is 1. The van der Waals surface area contributed by atoms with Crippen LogP contribution in [0.15, 0.2) is 47.4 Å². The van der Waals surface area contributed by atoms with Crippen molar-refractivity contribution in [1.29, 1.82) is 0 Å². The van der Waals surface area contributed by atoms with Crippen LogP contribution in [0.25, 0.3) is 0 Å². The number of amides is 1. The number of carboxylic acid groups (broad SMARTS) is 1. The molecule has 0 spiro atoms. The molecule has 2 N–H and O–H groups in total. The molecule has 2 aromatic rings. The van der Waals surface area contributed by atoms with E-state index in [9.17, 15) is 19.5 Å². The molecule has 0 bridgehead atoms. The van der Waals surface area contributed by atoms with Crippen molar-refractivity contribution >= 4 is 23.5 Å². The van der Waals surface area contributed by atoms with Crippen LogP contribution < -0.4 is 10.9 Å². The monoisotopic (exact) mass is 388 g/mol. The van der Waals surface area contributed by atoms with E-state index >= 15 is 0 Å². The Kier molecular flexibility index (Phi) is 5.65. The topological polar surface area (TPSA) is 88.4 Å². The largest absolute Gasteiger partial charge is 0.480 e. The minimum Gasteiger partial charge on any atom is -0.480 e. The lowest BCUT2D eigenvalue weighted by atomic mass is 9.81. The Morgan fingerprint density at radius 3 is 2.48 bits per heavy atom. The number of pyridine rings is 1. The van der Waals surface area contributed by atoms with Gasteiger partial charge in [-0.3, -0.25) is 9.59 Å². The molecule has 27 heavy (non-hydrogen) atoms. The molecule has 0 saturated heterocycles. The van der Waals surface area contributed by atoms with Crippen LogP contribution >= 0.6 is 11.6 Å². The summed E-state index contributed by atoms with van der Waals surface area (Å²) in [4.78, 5) is 36.6. The van der Waals surface area contributed by atoms with Crippen LogP contribution in [0.5, 0.6) is 0 Å². The zero-order chi connectivity index (χ0) is 19.4. The fraction of sp³-hybridized carbons (Fsp3) is 0.350. The second-order valence-electron chi connectivity index (χ2n) is 6.88. The van der Waals surface area contributed by atoms with Gasteiger partial charge in [-0.05, 0) is 30.5 Å². The number of nitrogens with zero attached hydrogens (tertiary/aromatic N) is 1. The molecule has 0 aliphatic heterocycles. The van der Waals surface area contributed by atoms with Crippen molar-refractivity contribution in [1.82, 2.24) is 9.88 Å². The van der Waals surface area contributed by atoms with Crippen LogP contribution in [0, 0.1) is 0 Å². The molecular formula is C20H21ClN2O4. The lowest BCUT2D eigenvalue weighted by Gasteiger charge is -2.34. The molecule has 0 unspecified atom stereocenters. The Morgan fingerprint density at radius 1 is 1.11 bits per heavy atom. The number of aromatic nitrogens is 1. The Labute approximate surface area is 161 Å². The first-order valence-corrected chi connectivity index (χ1v) is 9.29. The zero-order valence-corrected chi connectivity index (χ0v) is 15.5. The van der Waals surface area contributed by atoms with E-state index in [2.05, 4.69) is 5.32 Å². The van der Waals surface area contributed by atoms with E-state index in [1.165, 1.54) is 22.9 Å². The van der Waals surface area contributed by atoms with Gasteiger partial charge >= 0.3 is 5.97 Å². The third kappa shape index (κ3) is 4.22. The fourth-order valence-corrected chi connectivity index (χ4v) is 3.63. The molecule has 1 aromatic heterocycles. The number of nitrogens with one attached hydrogen (secondary N) is 1. The number of aliphatic carboxylic acids is 1. The number of benzene rings is 1. The van der Waals surface area contributed by atoms with Gasteiger partial charge in [0.05, 0.1) is 12.1 Å². The molecule has 1 aliphatic rings. The van der Waals surface area contributed by atoms with E-state index in [0.717, 1.165) is 24.8 Å². The second kappa shape index (κ2) is 7.96. The van der Waals surface area contributed by atoms with E-state index in [1.54, 1.807) is 12.1 Å². The van der Waals surface area contributed by atoms with Crippen LogP contribution in [0.3, 0.4) is 0 Å². The van der Waals surface area contributed by atoms with Gasteiger partial charge in [0.2, 0.25) is 0 Å². The molecule has 1 saturated carbocycles. The maximum Gasteiger partial charge on any atom is 0.329 e. The van der Waals surface area contributed by atoms with Crippen molar-refractivity contribution in [3.63, 3.8) is 0 Å². The average Bonchev–Trinajstić information content (AvgIpc) is 2.66. The number of carbonyl (C=O) groups is 2. The van der Waals surface area contributed by atoms with Gasteiger partial charge in [0.15, 0.2) is 0 Å². The van der Waals surface area contributed by atoms with Gasteiger partial charge in [0, 0.05) is 17.3 Å². The predicted molar refractivity (Wildman–Crippen MR) is 102 cm³/mol. The predicted octanol–water partition coefficient (Wildman–Crippen LogP) is 3.07. The highest BCUT2D eigenvalue weighted by atomic mass is 35.5. The van der Waals surface area contributed by atoms with E-state index in [0.29, 0.717) is 17.9 Å². The van der Waals surface area contributed by atoms with Crippen LogP contribution in [-0.4, -0.2) is 27.1 Å². The molecular weight excluding hydrogens is 368 g/mol. The van der Waals surface area contributed by atoms with Crippen LogP contribution in [0.4, 0.5) is 0 Å². The van der Waals surface area contributed by atoms with Crippen molar-refractivity contribution in [2.24, 2.45) is 0 Å². The Bertz CT molecular complexity index is 916. The molecule has 142 valence electrons. The van der Waals surface area contributed by atoms with E-state index in [4.69, 9.17) is 11.6 Å². The standard InChI is InChI=1S/C20H21ClN2O4/c21-16-7-3-2-6-14(16)12-23-13-15(8-9-17(23)24)18(25)22-20(19(26)27)10-4-1-5-11-20/h2-3,6-9,13H,1,4-5,10-12H2,(H,22,25)(H,26,27). The van der Waals surface area contributed by atoms with E-state index in [1.807, 2.05) is 12.1 Å². The summed E-state index contributed by atoms with van der Waals surface area (Å²) in [6.07, 6.45) is 4.75. The Balaban J connectivity index is 1.84. The normalized spacial score (nSPS) is 15.9. The molecule has 6 nitrogen and oxygen atoms in total. The summed E-state index contributed by atoms with van der Waals surface area (Å²) in [5.74, 6) is -1.51.